The summed E-state index contributed by atoms with van der Waals surface area (Å²) >= 11 is 12.1. The van der Waals surface area contributed by atoms with E-state index < -0.39 is 17.9 Å². The molecule has 0 spiro atoms. The molecule has 0 radical (unpaired) electrons. The smallest absolute Gasteiger partial charge is 0.326 e. The SMILES string of the molecule is O=C(Cc1ccc(C[C@H](NC(=O)c2c(Cl)cccc2Cl)C(=O)O)cc1)c1cccc(Nc2ncc[nH]2)c1. The molecule has 3 aromatic carbocycles. The number of hydrogen-bond acceptors (Lipinski definition) is 5. The first kappa shape index (κ1) is 25.9. The zero-order chi connectivity index (χ0) is 26.4. The molecule has 0 fully saturated rings. The fraction of sp³-hybridized carbons (Fsp3) is 0.111. The number of hydrogen-bond donors (Lipinski definition) is 4. The van der Waals surface area contributed by atoms with Gasteiger partial charge in [0.25, 0.3) is 5.91 Å². The maximum atomic E-state index is 12.8. The Kier molecular flexibility index (Phi) is 8.22. The Morgan fingerprint density at radius 2 is 1.62 bits per heavy atom. The van der Waals surface area contributed by atoms with Gasteiger partial charge in [0.15, 0.2) is 5.78 Å². The number of Topliss-reactive ketones (excluding diaryl/α,β-unsaturated/α-hetero) is 1. The number of aromatic nitrogens is 2. The molecule has 0 bridgehead atoms. The molecule has 4 aromatic rings. The van der Waals surface area contributed by atoms with Crippen molar-refractivity contribution in [2.75, 3.05) is 5.32 Å². The van der Waals surface area contributed by atoms with E-state index in [9.17, 15) is 19.5 Å². The number of ketones is 1. The summed E-state index contributed by atoms with van der Waals surface area (Å²) in [6.07, 6.45) is 3.54. The molecule has 8 nitrogen and oxygen atoms in total. The molecule has 0 saturated carbocycles. The van der Waals surface area contributed by atoms with Crippen molar-refractivity contribution < 1.29 is 19.5 Å². The minimum Gasteiger partial charge on any atom is -0.480 e. The van der Waals surface area contributed by atoms with Crippen LogP contribution in [0.25, 0.3) is 0 Å². The minimum atomic E-state index is -1.20. The number of anilines is 2. The Morgan fingerprint density at radius 3 is 2.27 bits per heavy atom. The predicted octanol–water partition coefficient (Wildman–Crippen LogP) is 5.31. The van der Waals surface area contributed by atoms with E-state index in [1.165, 1.54) is 12.1 Å². The van der Waals surface area contributed by atoms with E-state index in [-0.39, 0.29) is 34.2 Å². The summed E-state index contributed by atoms with van der Waals surface area (Å²) < 4.78 is 0. The third kappa shape index (κ3) is 6.75. The summed E-state index contributed by atoms with van der Waals surface area (Å²) in [4.78, 5) is 44.3. The number of rotatable bonds is 10. The number of nitrogens with zero attached hydrogens (tertiary/aromatic N) is 1. The lowest BCUT2D eigenvalue weighted by atomic mass is 9.99. The quantitative estimate of drug-likeness (QED) is 0.203. The highest BCUT2D eigenvalue weighted by Crippen LogP contribution is 2.24. The summed E-state index contributed by atoms with van der Waals surface area (Å²) in [5.74, 6) is -1.36. The molecule has 0 aliphatic rings. The number of H-pyrrole nitrogens is 1. The highest BCUT2D eigenvalue weighted by molar-refractivity contribution is 6.39. The Balaban J connectivity index is 1.39. The van der Waals surface area contributed by atoms with E-state index in [0.717, 1.165) is 11.3 Å². The molecule has 1 amide bonds. The first-order valence-electron chi connectivity index (χ1n) is 11.3. The van der Waals surface area contributed by atoms with Gasteiger partial charge >= 0.3 is 5.97 Å². The highest BCUT2D eigenvalue weighted by atomic mass is 35.5. The average Bonchev–Trinajstić information content (AvgIpc) is 3.38. The van der Waals surface area contributed by atoms with E-state index >= 15 is 0 Å². The van der Waals surface area contributed by atoms with Crippen molar-refractivity contribution in [1.29, 1.82) is 0 Å². The Bertz CT molecular complexity index is 1400. The highest BCUT2D eigenvalue weighted by Gasteiger charge is 2.24. The van der Waals surface area contributed by atoms with Crippen LogP contribution in [-0.2, 0) is 17.6 Å². The molecular formula is C27H22Cl2N4O4. The van der Waals surface area contributed by atoms with Crippen LogP contribution >= 0.6 is 23.2 Å². The number of imidazole rings is 1. The van der Waals surface area contributed by atoms with Crippen LogP contribution in [-0.4, -0.2) is 38.8 Å². The number of carboxylic acid groups (broad SMARTS) is 1. The number of carbonyl (C=O) groups excluding carboxylic acids is 2. The van der Waals surface area contributed by atoms with Gasteiger partial charge in [0, 0.05) is 36.5 Å². The number of amides is 1. The van der Waals surface area contributed by atoms with Crippen molar-refractivity contribution in [3.8, 4) is 0 Å². The van der Waals surface area contributed by atoms with Gasteiger partial charge in [-0.2, -0.15) is 0 Å². The monoisotopic (exact) mass is 536 g/mol. The van der Waals surface area contributed by atoms with Crippen molar-refractivity contribution in [3.05, 3.63) is 111 Å². The first-order chi connectivity index (χ1) is 17.8. The van der Waals surface area contributed by atoms with E-state index in [1.54, 1.807) is 60.9 Å². The molecule has 1 aromatic heterocycles. The van der Waals surface area contributed by atoms with Crippen LogP contribution in [0.3, 0.4) is 0 Å². The second kappa shape index (κ2) is 11.7. The van der Waals surface area contributed by atoms with Gasteiger partial charge in [0.05, 0.1) is 15.6 Å². The molecule has 0 saturated heterocycles. The summed E-state index contributed by atoms with van der Waals surface area (Å²) in [7, 11) is 0. The summed E-state index contributed by atoms with van der Waals surface area (Å²) in [6.45, 7) is 0. The number of aromatic amines is 1. The number of benzene rings is 3. The maximum Gasteiger partial charge on any atom is 0.326 e. The fourth-order valence-electron chi connectivity index (χ4n) is 3.70. The third-order valence-corrected chi connectivity index (χ3v) is 6.20. The zero-order valence-corrected chi connectivity index (χ0v) is 20.9. The normalized spacial score (nSPS) is 11.5. The average molecular weight is 537 g/mol. The van der Waals surface area contributed by atoms with Gasteiger partial charge in [0.1, 0.15) is 6.04 Å². The van der Waals surface area contributed by atoms with E-state index in [2.05, 4.69) is 20.6 Å². The van der Waals surface area contributed by atoms with Crippen LogP contribution in [0.1, 0.15) is 31.8 Å². The number of carbonyl (C=O) groups is 3. The molecule has 4 N–H and O–H groups in total. The first-order valence-corrected chi connectivity index (χ1v) is 12.0. The number of nitrogens with one attached hydrogen (secondary N) is 3. The predicted molar refractivity (Wildman–Crippen MR) is 142 cm³/mol. The lowest BCUT2D eigenvalue weighted by molar-refractivity contribution is -0.139. The second-order valence-corrected chi connectivity index (χ2v) is 9.04. The Labute approximate surface area is 222 Å². The lowest BCUT2D eigenvalue weighted by Gasteiger charge is -2.16. The molecule has 0 aliphatic heterocycles. The topological polar surface area (TPSA) is 124 Å². The molecule has 0 unspecified atom stereocenters. The fourth-order valence-corrected chi connectivity index (χ4v) is 4.27. The van der Waals surface area contributed by atoms with Gasteiger partial charge in [-0.15, -0.1) is 0 Å². The van der Waals surface area contributed by atoms with Gasteiger partial charge in [-0.25, -0.2) is 9.78 Å². The molecule has 0 aliphatic carbocycles. The number of aliphatic carboxylic acids is 1. The standard InChI is InChI=1S/C27H22Cl2N4O4/c28-20-5-2-6-21(29)24(20)25(35)33-22(26(36)37)13-16-7-9-17(10-8-16)14-23(34)18-3-1-4-19(15-18)32-27-30-11-12-31-27/h1-12,15,22H,13-14H2,(H,33,35)(H,36,37)(H2,30,31,32)/t22-/m0/s1. The van der Waals surface area contributed by atoms with Crippen LogP contribution in [0, 0.1) is 0 Å². The lowest BCUT2D eigenvalue weighted by Crippen LogP contribution is -2.42. The van der Waals surface area contributed by atoms with Gasteiger partial charge in [0.2, 0.25) is 5.95 Å². The van der Waals surface area contributed by atoms with Crippen molar-refractivity contribution in [1.82, 2.24) is 15.3 Å². The minimum absolute atomic E-state index is 0.0226. The largest absolute Gasteiger partial charge is 0.480 e. The molecule has 188 valence electrons. The van der Waals surface area contributed by atoms with Crippen molar-refractivity contribution in [2.45, 2.75) is 18.9 Å². The van der Waals surface area contributed by atoms with Crippen LogP contribution in [0.4, 0.5) is 11.6 Å². The van der Waals surface area contributed by atoms with Gasteiger partial charge < -0.3 is 20.7 Å². The molecule has 1 heterocycles. The summed E-state index contributed by atoms with van der Waals surface area (Å²) in [6, 6.07) is 17.5. The van der Waals surface area contributed by atoms with Gasteiger partial charge in [-0.05, 0) is 35.4 Å². The molecule has 1 atom stereocenters. The molecule has 10 heteroatoms. The van der Waals surface area contributed by atoms with Crippen molar-refractivity contribution in [3.63, 3.8) is 0 Å². The molecule has 37 heavy (non-hydrogen) atoms. The summed E-state index contributed by atoms with van der Waals surface area (Å²) in [5.41, 5.74) is 2.76. The van der Waals surface area contributed by atoms with Crippen LogP contribution in [0.5, 0.6) is 0 Å². The Morgan fingerprint density at radius 1 is 0.946 bits per heavy atom. The molecular weight excluding hydrogens is 515 g/mol. The van der Waals surface area contributed by atoms with Crippen LogP contribution in [0.15, 0.2) is 79.1 Å². The van der Waals surface area contributed by atoms with Gasteiger partial charge in [-0.1, -0.05) is 65.7 Å². The van der Waals surface area contributed by atoms with E-state index in [1.807, 2.05) is 6.07 Å². The third-order valence-electron chi connectivity index (χ3n) is 5.57. The number of carboxylic acids is 1. The maximum absolute atomic E-state index is 12.8. The van der Waals surface area contributed by atoms with Crippen LogP contribution < -0.4 is 10.6 Å². The zero-order valence-electron chi connectivity index (χ0n) is 19.4. The van der Waals surface area contributed by atoms with Crippen molar-refractivity contribution >= 4 is 52.5 Å². The Hall–Kier alpha value is -4.14. The van der Waals surface area contributed by atoms with Crippen molar-refractivity contribution in [2.24, 2.45) is 0 Å². The van der Waals surface area contributed by atoms with Crippen LogP contribution in [0.2, 0.25) is 10.0 Å². The van der Waals surface area contributed by atoms with Gasteiger partial charge in [-0.3, -0.25) is 9.59 Å². The number of halogens is 2. The molecule has 4 rings (SSSR count). The summed E-state index contributed by atoms with van der Waals surface area (Å²) in [5, 5.41) is 15.5. The van der Waals surface area contributed by atoms with E-state index in [4.69, 9.17) is 23.2 Å². The van der Waals surface area contributed by atoms with E-state index in [0.29, 0.717) is 17.1 Å². The second-order valence-electron chi connectivity index (χ2n) is 8.23.